The highest BCUT2D eigenvalue weighted by Crippen LogP contribution is 2.31. The molecule has 0 radical (unpaired) electrons. The largest absolute Gasteiger partial charge is 0.352 e. The molecule has 1 aliphatic rings. The maximum atomic E-state index is 13.4. The van der Waals surface area contributed by atoms with Crippen LogP contribution < -0.4 is 10.2 Å². The molecule has 2 heterocycles. The number of carbonyl (C=O) groups is 1. The van der Waals surface area contributed by atoms with Crippen LogP contribution in [0.15, 0.2) is 35.4 Å². The second-order valence-corrected chi connectivity index (χ2v) is 9.58. The monoisotopic (exact) mass is 401 g/mol. The molecule has 0 fully saturated rings. The average Bonchev–Trinajstić information content (AvgIpc) is 2.61. The van der Waals surface area contributed by atoms with Gasteiger partial charge in [0.1, 0.15) is 16.7 Å². The van der Waals surface area contributed by atoms with Gasteiger partial charge in [0.05, 0.1) is 5.69 Å². The first kappa shape index (κ1) is 20.6. The predicted octanol–water partition coefficient (Wildman–Crippen LogP) is 5.27. The van der Waals surface area contributed by atoms with Crippen molar-refractivity contribution < 1.29 is 9.18 Å². The molecule has 1 aliphatic heterocycles. The van der Waals surface area contributed by atoms with E-state index < -0.39 is 0 Å². The van der Waals surface area contributed by atoms with Crippen LogP contribution in [0.5, 0.6) is 0 Å². The Labute approximate surface area is 170 Å². The number of fused-ring (bicyclic) bond motifs is 1. The Morgan fingerprint density at radius 3 is 2.75 bits per heavy atom. The van der Waals surface area contributed by atoms with Crippen LogP contribution in [0.3, 0.4) is 0 Å². The van der Waals surface area contributed by atoms with Crippen molar-refractivity contribution in [3.05, 3.63) is 47.3 Å². The van der Waals surface area contributed by atoms with Crippen molar-refractivity contribution in [2.45, 2.75) is 52.1 Å². The number of carbonyl (C=O) groups excluding carboxylic acids is 1. The number of thioether (sulfide) groups is 1. The lowest BCUT2D eigenvalue weighted by atomic mass is 9.92. The summed E-state index contributed by atoms with van der Waals surface area (Å²) in [6.45, 7) is 9.75. The molecule has 1 aromatic heterocycles. The maximum Gasteiger partial charge on any atom is 0.224 e. The summed E-state index contributed by atoms with van der Waals surface area (Å²) in [6, 6.07) is 8.91. The van der Waals surface area contributed by atoms with E-state index in [9.17, 15) is 9.18 Å². The Hall–Kier alpha value is -2.08. The Balaban J connectivity index is 1.79. The molecule has 0 saturated carbocycles. The fourth-order valence-electron chi connectivity index (χ4n) is 3.34. The molecule has 0 unspecified atom stereocenters. The van der Waals surface area contributed by atoms with E-state index in [4.69, 9.17) is 4.98 Å². The van der Waals surface area contributed by atoms with Crippen LogP contribution in [-0.2, 0) is 17.8 Å². The van der Waals surface area contributed by atoms with Gasteiger partial charge >= 0.3 is 0 Å². The first-order chi connectivity index (χ1) is 13.2. The minimum Gasteiger partial charge on any atom is -0.352 e. The molecular formula is C22H28FN3OS. The minimum absolute atomic E-state index is 0.00827. The van der Waals surface area contributed by atoms with Crippen molar-refractivity contribution in [1.82, 2.24) is 4.98 Å². The molecule has 1 aromatic carbocycles. The lowest BCUT2D eigenvalue weighted by Crippen LogP contribution is -2.31. The predicted molar refractivity (Wildman–Crippen MR) is 114 cm³/mol. The summed E-state index contributed by atoms with van der Waals surface area (Å²) < 4.78 is 13.4. The molecule has 0 saturated heterocycles. The summed E-state index contributed by atoms with van der Waals surface area (Å²) in [6.07, 6.45) is 1.26. The van der Waals surface area contributed by atoms with Gasteiger partial charge in [0.2, 0.25) is 5.91 Å². The number of halogens is 1. The van der Waals surface area contributed by atoms with E-state index in [0.717, 1.165) is 46.4 Å². The van der Waals surface area contributed by atoms with Crippen LogP contribution in [0, 0.1) is 11.2 Å². The second-order valence-electron chi connectivity index (χ2n) is 8.33. The van der Waals surface area contributed by atoms with Crippen molar-refractivity contribution in [3.8, 4) is 0 Å². The summed E-state index contributed by atoms with van der Waals surface area (Å²) in [5, 5.41) is 3.86. The number of hydrogen-bond donors (Lipinski definition) is 1. The molecule has 4 nitrogen and oxygen atoms in total. The summed E-state index contributed by atoms with van der Waals surface area (Å²) in [4.78, 5) is 19.4. The molecule has 1 amide bonds. The highest BCUT2D eigenvalue weighted by Gasteiger charge is 2.21. The zero-order chi connectivity index (χ0) is 20.3. The highest BCUT2D eigenvalue weighted by atomic mass is 32.2. The average molecular weight is 402 g/mol. The number of hydrogen-bond acceptors (Lipinski definition) is 4. The SMILES string of the molecule is CCSc1nc(N2CCc3cc(F)ccc3C2)ccc1NC(=O)CC(C)(C)C. The fourth-order valence-corrected chi connectivity index (χ4v) is 4.05. The number of anilines is 2. The van der Waals surface area contributed by atoms with Gasteiger partial charge in [0.15, 0.2) is 0 Å². The first-order valence-electron chi connectivity index (χ1n) is 9.71. The van der Waals surface area contributed by atoms with Gasteiger partial charge in [-0.25, -0.2) is 9.37 Å². The van der Waals surface area contributed by atoms with Crippen LogP contribution in [-0.4, -0.2) is 23.2 Å². The van der Waals surface area contributed by atoms with Crippen molar-refractivity contribution in [2.75, 3.05) is 22.5 Å². The Kier molecular flexibility index (Phi) is 6.28. The molecule has 0 bridgehead atoms. The summed E-state index contributed by atoms with van der Waals surface area (Å²) >= 11 is 1.63. The number of amides is 1. The smallest absolute Gasteiger partial charge is 0.224 e. The number of rotatable bonds is 5. The molecule has 150 valence electrons. The lowest BCUT2D eigenvalue weighted by Gasteiger charge is -2.30. The molecule has 0 aliphatic carbocycles. The maximum absolute atomic E-state index is 13.4. The van der Waals surface area contributed by atoms with Gasteiger partial charge in [0, 0.05) is 19.5 Å². The zero-order valence-corrected chi connectivity index (χ0v) is 17.8. The van der Waals surface area contributed by atoms with Crippen molar-refractivity contribution in [3.63, 3.8) is 0 Å². The van der Waals surface area contributed by atoms with E-state index in [2.05, 4.69) is 37.9 Å². The molecule has 2 aromatic rings. The molecular weight excluding hydrogens is 373 g/mol. The topological polar surface area (TPSA) is 45.2 Å². The Morgan fingerprint density at radius 2 is 2.04 bits per heavy atom. The molecule has 6 heteroatoms. The molecule has 0 spiro atoms. The van der Waals surface area contributed by atoms with E-state index in [-0.39, 0.29) is 17.1 Å². The third-order valence-electron chi connectivity index (χ3n) is 4.60. The Bertz CT molecular complexity index is 863. The van der Waals surface area contributed by atoms with Gasteiger partial charge in [-0.3, -0.25) is 4.79 Å². The molecule has 3 rings (SSSR count). The minimum atomic E-state index is -0.178. The van der Waals surface area contributed by atoms with E-state index >= 15 is 0 Å². The Morgan fingerprint density at radius 1 is 1.25 bits per heavy atom. The van der Waals surface area contributed by atoms with Crippen molar-refractivity contribution >= 4 is 29.2 Å². The highest BCUT2D eigenvalue weighted by molar-refractivity contribution is 7.99. The van der Waals surface area contributed by atoms with Gasteiger partial charge in [-0.1, -0.05) is 33.8 Å². The fraction of sp³-hybridized carbons (Fsp3) is 0.455. The van der Waals surface area contributed by atoms with E-state index in [1.54, 1.807) is 17.8 Å². The van der Waals surface area contributed by atoms with Gasteiger partial charge < -0.3 is 10.2 Å². The van der Waals surface area contributed by atoms with Crippen molar-refractivity contribution in [2.24, 2.45) is 5.41 Å². The lowest BCUT2D eigenvalue weighted by molar-refractivity contribution is -0.117. The molecule has 0 atom stereocenters. The van der Waals surface area contributed by atoms with Crippen LogP contribution in [0.1, 0.15) is 45.2 Å². The summed E-state index contributed by atoms with van der Waals surface area (Å²) in [5.74, 6) is 1.59. The number of nitrogens with one attached hydrogen (secondary N) is 1. The zero-order valence-electron chi connectivity index (χ0n) is 17.0. The van der Waals surface area contributed by atoms with Crippen molar-refractivity contribution in [1.29, 1.82) is 0 Å². The van der Waals surface area contributed by atoms with E-state index in [1.807, 2.05) is 18.2 Å². The third kappa shape index (κ3) is 5.25. The number of aromatic nitrogens is 1. The number of nitrogens with zero attached hydrogens (tertiary/aromatic N) is 2. The summed E-state index contributed by atoms with van der Waals surface area (Å²) in [5.41, 5.74) is 2.92. The first-order valence-corrected chi connectivity index (χ1v) is 10.7. The van der Waals surface area contributed by atoms with Gasteiger partial charge in [-0.05, 0) is 53.0 Å². The number of benzene rings is 1. The summed E-state index contributed by atoms with van der Waals surface area (Å²) in [7, 11) is 0. The quantitative estimate of drug-likeness (QED) is 0.693. The van der Waals surface area contributed by atoms with E-state index in [0.29, 0.717) is 13.0 Å². The van der Waals surface area contributed by atoms with Gasteiger partial charge in [0.25, 0.3) is 0 Å². The van der Waals surface area contributed by atoms with Crippen LogP contribution in [0.25, 0.3) is 0 Å². The number of pyridine rings is 1. The van der Waals surface area contributed by atoms with Crippen LogP contribution >= 0.6 is 11.8 Å². The van der Waals surface area contributed by atoms with Gasteiger partial charge in [-0.15, -0.1) is 11.8 Å². The second kappa shape index (κ2) is 8.52. The van der Waals surface area contributed by atoms with Crippen LogP contribution in [0.4, 0.5) is 15.9 Å². The normalized spacial score (nSPS) is 14.0. The molecule has 1 N–H and O–H groups in total. The van der Waals surface area contributed by atoms with E-state index in [1.165, 1.54) is 6.07 Å². The molecule has 28 heavy (non-hydrogen) atoms. The van der Waals surface area contributed by atoms with Gasteiger partial charge in [-0.2, -0.15) is 0 Å². The standard InChI is InChI=1S/C22H28FN3OS/c1-5-28-21-18(24-20(27)13-22(2,3)4)8-9-19(25-21)26-11-10-15-12-17(23)7-6-16(15)14-26/h6-9,12H,5,10-11,13-14H2,1-4H3,(H,24,27). The van der Waals surface area contributed by atoms with Crippen LogP contribution in [0.2, 0.25) is 0 Å². The third-order valence-corrected chi connectivity index (χ3v) is 5.47.